The summed E-state index contributed by atoms with van der Waals surface area (Å²) in [6, 6.07) is 9.23. The number of para-hydroxylation sites is 1. The number of carbonyl (C=O) groups excluding carboxylic acids is 1. The molecule has 0 spiro atoms. The van der Waals surface area contributed by atoms with E-state index in [9.17, 15) is 4.79 Å². The zero-order valence-corrected chi connectivity index (χ0v) is 14.3. The Morgan fingerprint density at radius 1 is 1.38 bits per heavy atom. The van der Waals surface area contributed by atoms with Crippen LogP contribution in [0, 0.1) is 0 Å². The van der Waals surface area contributed by atoms with E-state index in [-0.39, 0.29) is 5.91 Å². The van der Waals surface area contributed by atoms with Gasteiger partial charge in [-0.25, -0.2) is 0 Å². The first-order valence-electron chi connectivity index (χ1n) is 6.52. The third kappa shape index (κ3) is 3.57. The molecule has 1 amide bonds. The second-order valence-corrected chi connectivity index (χ2v) is 7.00. The lowest BCUT2D eigenvalue weighted by Gasteiger charge is -2.21. The van der Waals surface area contributed by atoms with Gasteiger partial charge in [-0.05, 0) is 47.1 Å². The molecule has 2 N–H and O–H groups in total. The van der Waals surface area contributed by atoms with E-state index in [4.69, 9.17) is 10.5 Å². The highest BCUT2D eigenvalue weighted by Gasteiger charge is 2.20. The fraction of sp³-hybridized carbons (Fsp3) is 0.267. The van der Waals surface area contributed by atoms with E-state index in [2.05, 4.69) is 15.9 Å². The lowest BCUT2D eigenvalue weighted by atomic mass is 10.1. The first-order valence-corrected chi connectivity index (χ1v) is 8.13. The Hall–Kier alpha value is -1.53. The minimum Gasteiger partial charge on any atom is -0.494 e. The largest absolute Gasteiger partial charge is 0.494 e. The molecule has 2 aromatic rings. The SMILES string of the molecule is CCN(Cc1ccc(Br)s1)C(=O)c1cccc(N)c1OC. The summed E-state index contributed by atoms with van der Waals surface area (Å²) in [6.45, 7) is 3.15. The first-order chi connectivity index (χ1) is 10.1. The molecule has 0 radical (unpaired) electrons. The Balaban J connectivity index is 2.26. The van der Waals surface area contributed by atoms with Gasteiger partial charge in [0.25, 0.3) is 5.91 Å². The summed E-state index contributed by atoms with van der Waals surface area (Å²) in [6.07, 6.45) is 0. The smallest absolute Gasteiger partial charge is 0.258 e. The van der Waals surface area contributed by atoms with Crippen LogP contribution in [0.3, 0.4) is 0 Å². The molecule has 2 rings (SSSR count). The molecule has 1 aromatic heterocycles. The summed E-state index contributed by atoms with van der Waals surface area (Å²) in [4.78, 5) is 15.6. The van der Waals surface area contributed by atoms with Crippen molar-refractivity contribution < 1.29 is 9.53 Å². The molecule has 0 fully saturated rings. The number of thiophene rings is 1. The second kappa shape index (κ2) is 6.95. The van der Waals surface area contributed by atoms with Gasteiger partial charge < -0.3 is 15.4 Å². The van der Waals surface area contributed by atoms with E-state index in [1.54, 1.807) is 34.4 Å². The van der Waals surface area contributed by atoms with Gasteiger partial charge in [0, 0.05) is 11.4 Å². The van der Waals surface area contributed by atoms with Crippen molar-refractivity contribution in [3.63, 3.8) is 0 Å². The second-order valence-electron chi connectivity index (χ2n) is 4.45. The van der Waals surface area contributed by atoms with Gasteiger partial charge in [-0.2, -0.15) is 0 Å². The Morgan fingerprint density at radius 2 is 2.14 bits per heavy atom. The molecule has 0 unspecified atom stereocenters. The van der Waals surface area contributed by atoms with Gasteiger partial charge in [-0.15, -0.1) is 11.3 Å². The Morgan fingerprint density at radius 3 is 2.71 bits per heavy atom. The predicted molar refractivity (Wildman–Crippen MR) is 89.8 cm³/mol. The van der Waals surface area contributed by atoms with Gasteiger partial charge >= 0.3 is 0 Å². The van der Waals surface area contributed by atoms with Crippen LogP contribution in [0.15, 0.2) is 34.1 Å². The van der Waals surface area contributed by atoms with Crippen LogP contribution in [0.5, 0.6) is 5.75 Å². The zero-order valence-electron chi connectivity index (χ0n) is 11.9. The number of nitrogens with zero attached hydrogens (tertiary/aromatic N) is 1. The fourth-order valence-corrected chi connectivity index (χ4v) is 3.57. The van der Waals surface area contributed by atoms with Crippen molar-refractivity contribution in [1.82, 2.24) is 4.90 Å². The van der Waals surface area contributed by atoms with Crippen LogP contribution in [0.25, 0.3) is 0 Å². The van der Waals surface area contributed by atoms with E-state index in [0.29, 0.717) is 30.1 Å². The summed E-state index contributed by atoms with van der Waals surface area (Å²) in [5, 5.41) is 0. The Kier molecular flexibility index (Phi) is 5.25. The van der Waals surface area contributed by atoms with Gasteiger partial charge in [0.2, 0.25) is 0 Å². The highest BCUT2D eigenvalue weighted by atomic mass is 79.9. The normalized spacial score (nSPS) is 10.4. The number of nitrogens with two attached hydrogens (primary N) is 1. The van der Waals surface area contributed by atoms with Crippen LogP contribution in [-0.4, -0.2) is 24.5 Å². The van der Waals surface area contributed by atoms with Crippen LogP contribution >= 0.6 is 27.3 Å². The highest BCUT2D eigenvalue weighted by Crippen LogP contribution is 2.28. The standard InChI is InChI=1S/C15H17BrN2O2S/c1-3-18(9-10-7-8-13(16)21-10)15(19)11-5-4-6-12(17)14(11)20-2/h4-8H,3,9,17H2,1-2H3. The van der Waals surface area contributed by atoms with Crippen molar-refractivity contribution >= 4 is 38.9 Å². The number of ether oxygens (including phenoxy) is 1. The van der Waals surface area contributed by atoms with Crippen molar-refractivity contribution in [2.24, 2.45) is 0 Å². The highest BCUT2D eigenvalue weighted by molar-refractivity contribution is 9.11. The number of amides is 1. The molecule has 6 heteroatoms. The average molecular weight is 369 g/mol. The average Bonchev–Trinajstić information content (AvgIpc) is 2.89. The topological polar surface area (TPSA) is 55.6 Å². The molecule has 1 heterocycles. The van der Waals surface area contributed by atoms with Crippen LogP contribution in [0.2, 0.25) is 0 Å². The van der Waals surface area contributed by atoms with Crippen LogP contribution < -0.4 is 10.5 Å². The number of methoxy groups -OCH3 is 1. The minimum absolute atomic E-state index is 0.0776. The zero-order chi connectivity index (χ0) is 15.4. The molecule has 21 heavy (non-hydrogen) atoms. The van der Waals surface area contributed by atoms with E-state index >= 15 is 0 Å². The van der Waals surface area contributed by atoms with Gasteiger partial charge in [0.05, 0.1) is 28.7 Å². The van der Waals surface area contributed by atoms with Crippen molar-refractivity contribution in [3.05, 3.63) is 44.6 Å². The number of hydrogen-bond donors (Lipinski definition) is 1. The predicted octanol–water partition coefficient (Wildman–Crippen LogP) is 3.76. The number of rotatable bonds is 5. The number of nitrogen functional groups attached to an aromatic ring is 1. The summed E-state index contributed by atoms with van der Waals surface area (Å²) in [5.41, 5.74) is 6.83. The fourth-order valence-electron chi connectivity index (χ4n) is 2.07. The molecule has 0 aliphatic heterocycles. The molecular weight excluding hydrogens is 352 g/mol. The molecule has 0 bridgehead atoms. The van der Waals surface area contributed by atoms with Gasteiger partial charge in [-0.3, -0.25) is 4.79 Å². The maximum absolute atomic E-state index is 12.7. The van der Waals surface area contributed by atoms with Gasteiger partial charge in [0.1, 0.15) is 0 Å². The summed E-state index contributed by atoms with van der Waals surface area (Å²) >= 11 is 5.06. The minimum atomic E-state index is -0.0776. The van der Waals surface area contributed by atoms with Crippen LogP contribution in [0.1, 0.15) is 22.2 Å². The van der Waals surface area contributed by atoms with E-state index in [0.717, 1.165) is 8.66 Å². The molecule has 1 aromatic carbocycles. The number of carbonyl (C=O) groups is 1. The van der Waals surface area contributed by atoms with E-state index < -0.39 is 0 Å². The number of hydrogen-bond acceptors (Lipinski definition) is 4. The maximum atomic E-state index is 12.7. The molecule has 0 saturated carbocycles. The lowest BCUT2D eigenvalue weighted by Crippen LogP contribution is -2.30. The molecular formula is C15H17BrN2O2S. The number of halogens is 1. The Labute approximate surface area is 136 Å². The quantitative estimate of drug-likeness (QED) is 0.817. The Bertz CT molecular complexity index is 642. The van der Waals surface area contributed by atoms with Crippen LogP contribution in [-0.2, 0) is 6.54 Å². The van der Waals surface area contributed by atoms with Gasteiger partial charge in [-0.1, -0.05) is 6.07 Å². The lowest BCUT2D eigenvalue weighted by molar-refractivity contribution is 0.0751. The first kappa shape index (κ1) is 15.9. The third-order valence-electron chi connectivity index (χ3n) is 3.12. The molecule has 4 nitrogen and oxygen atoms in total. The summed E-state index contributed by atoms with van der Waals surface area (Å²) in [5.74, 6) is 0.361. The van der Waals surface area contributed by atoms with E-state index in [1.807, 2.05) is 19.1 Å². The summed E-state index contributed by atoms with van der Waals surface area (Å²) in [7, 11) is 1.52. The van der Waals surface area contributed by atoms with E-state index in [1.165, 1.54) is 7.11 Å². The van der Waals surface area contributed by atoms with Crippen molar-refractivity contribution in [2.75, 3.05) is 19.4 Å². The summed E-state index contributed by atoms with van der Waals surface area (Å²) < 4.78 is 6.33. The molecule has 0 atom stereocenters. The van der Waals surface area contributed by atoms with Gasteiger partial charge in [0.15, 0.2) is 5.75 Å². The number of benzene rings is 1. The third-order valence-corrected chi connectivity index (χ3v) is 4.73. The molecule has 0 aliphatic carbocycles. The monoisotopic (exact) mass is 368 g/mol. The van der Waals surface area contributed by atoms with Crippen LogP contribution in [0.4, 0.5) is 5.69 Å². The molecule has 0 aliphatic rings. The van der Waals surface area contributed by atoms with Crippen molar-refractivity contribution in [1.29, 1.82) is 0 Å². The molecule has 0 saturated heterocycles. The molecule has 112 valence electrons. The van der Waals surface area contributed by atoms with Crippen molar-refractivity contribution in [2.45, 2.75) is 13.5 Å². The maximum Gasteiger partial charge on any atom is 0.258 e. The number of anilines is 1. The van der Waals surface area contributed by atoms with Crippen molar-refractivity contribution in [3.8, 4) is 5.75 Å².